The number of alkyl halides is 3. The van der Waals surface area contributed by atoms with Gasteiger partial charge in [0.25, 0.3) is 0 Å². The number of benzene rings is 1. The molecule has 0 aliphatic carbocycles. The Kier molecular flexibility index (Phi) is 5.24. The Balaban J connectivity index is 1.96. The molecule has 4 nitrogen and oxygen atoms in total. The molecule has 9 heteroatoms. The van der Waals surface area contributed by atoms with E-state index in [0.29, 0.717) is 17.5 Å². The molecule has 0 aliphatic rings. The molecule has 0 radical (unpaired) electrons. The van der Waals surface area contributed by atoms with Gasteiger partial charge in [0.15, 0.2) is 11.0 Å². The van der Waals surface area contributed by atoms with Crippen LogP contribution in [0.2, 0.25) is 5.02 Å². The lowest BCUT2D eigenvalue weighted by Gasteiger charge is -2.10. The van der Waals surface area contributed by atoms with Crippen LogP contribution in [0.15, 0.2) is 46.7 Å². The van der Waals surface area contributed by atoms with E-state index in [9.17, 15) is 13.2 Å². The molecule has 0 fully saturated rings. The van der Waals surface area contributed by atoms with Crippen molar-refractivity contribution in [1.82, 2.24) is 19.7 Å². The van der Waals surface area contributed by atoms with Crippen molar-refractivity contribution in [2.24, 2.45) is 0 Å². The molecule has 0 amide bonds. The molecule has 0 saturated carbocycles. The number of rotatable bonds is 4. The molecule has 0 unspecified atom stereocenters. The molecular formula is C17H14ClF3N4S. The highest BCUT2D eigenvalue weighted by Crippen LogP contribution is 2.36. The minimum absolute atomic E-state index is 0.0760. The predicted octanol–water partition coefficient (Wildman–Crippen LogP) is 5.49. The van der Waals surface area contributed by atoms with Crippen LogP contribution in [-0.4, -0.2) is 19.7 Å². The standard InChI is InChI=1S/C17H14ClF3N4S/c1-3-25-14(12-7-5-4-6-10(12)2)23-24-16(25)26-15-13(18)8-11(9-22-15)17(19,20)21/h4-9H,3H2,1-2H3. The van der Waals surface area contributed by atoms with Crippen LogP contribution in [0, 0.1) is 6.92 Å². The van der Waals surface area contributed by atoms with Crippen LogP contribution in [0.5, 0.6) is 0 Å². The summed E-state index contributed by atoms with van der Waals surface area (Å²) in [5.74, 6) is 0.691. The van der Waals surface area contributed by atoms with Gasteiger partial charge in [-0.05, 0) is 37.2 Å². The summed E-state index contributed by atoms with van der Waals surface area (Å²) in [4.78, 5) is 3.84. The quantitative estimate of drug-likeness (QED) is 0.582. The molecule has 1 aromatic carbocycles. The van der Waals surface area contributed by atoms with Gasteiger partial charge in [-0.2, -0.15) is 13.2 Å². The lowest BCUT2D eigenvalue weighted by atomic mass is 10.1. The summed E-state index contributed by atoms with van der Waals surface area (Å²) < 4.78 is 40.1. The second-order valence-corrected chi connectivity index (χ2v) is 6.84. The number of pyridine rings is 1. The Hall–Kier alpha value is -2.06. The third kappa shape index (κ3) is 3.71. The maximum Gasteiger partial charge on any atom is 0.417 e. The molecule has 0 aliphatic heterocycles. The van der Waals surface area contributed by atoms with Crippen molar-refractivity contribution < 1.29 is 13.2 Å². The van der Waals surface area contributed by atoms with Crippen LogP contribution in [0.3, 0.4) is 0 Å². The van der Waals surface area contributed by atoms with Crippen molar-refractivity contribution in [2.45, 2.75) is 36.8 Å². The highest BCUT2D eigenvalue weighted by atomic mass is 35.5. The zero-order chi connectivity index (χ0) is 18.9. The van der Waals surface area contributed by atoms with Gasteiger partial charge >= 0.3 is 6.18 Å². The second-order valence-electron chi connectivity index (χ2n) is 5.48. The Morgan fingerprint density at radius 1 is 1.19 bits per heavy atom. The van der Waals surface area contributed by atoms with Crippen molar-refractivity contribution in [1.29, 1.82) is 0 Å². The fraction of sp³-hybridized carbons (Fsp3) is 0.235. The van der Waals surface area contributed by atoms with E-state index in [4.69, 9.17) is 11.6 Å². The first-order chi connectivity index (χ1) is 12.3. The van der Waals surface area contributed by atoms with Crippen LogP contribution < -0.4 is 0 Å². The van der Waals surface area contributed by atoms with E-state index in [1.807, 2.05) is 42.7 Å². The van der Waals surface area contributed by atoms with Gasteiger partial charge < -0.3 is 4.57 Å². The molecule has 0 atom stereocenters. The average Bonchev–Trinajstić information content (AvgIpc) is 2.98. The number of aryl methyl sites for hydroxylation is 1. The minimum atomic E-state index is -4.48. The molecule has 3 aromatic rings. The first-order valence-corrected chi connectivity index (χ1v) is 8.90. The maximum atomic E-state index is 12.7. The molecular weight excluding hydrogens is 385 g/mol. The molecule has 26 heavy (non-hydrogen) atoms. The van der Waals surface area contributed by atoms with Crippen molar-refractivity contribution in [3.8, 4) is 11.4 Å². The van der Waals surface area contributed by atoms with E-state index in [0.717, 1.165) is 35.2 Å². The van der Waals surface area contributed by atoms with E-state index in [2.05, 4.69) is 15.2 Å². The number of aromatic nitrogens is 4. The molecule has 0 N–H and O–H groups in total. The Bertz CT molecular complexity index is 940. The summed E-state index contributed by atoms with van der Waals surface area (Å²) in [7, 11) is 0. The van der Waals surface area contributed by atoms with Gasteiger partial charge in [-0.15, -0.1) is 10.2 Å². The van der Waals surface area contributed by atoms with Crippen LogP contribution in [0.25, 0.3) is 11.4 Å². The molecule has 3 rings (SSSR count). The molecule has 2 heterocycles. The largest absolute Gasteiger partial charge is 0.417 e. The highest BCUT2D eigenvalue weighted by molar-refractivity contribution is 7.99. The maximum absolute atomic E-state index is 12.7. The van der Waals surface area contributed by atoms with Gasteiger partial charge in [-0.3, -0.25) is 0 Å². The van der Waals surface area contributed by atoms with E-state index < -0.39 is 11.7 Å². The normalized spacial score (nSPS) is 11.8. The van der Waals surface area contributed by atoms with E-state index in [1.54, 1.807) is 0 Å². The van der Waals surface area contributed by atoms with Gasteiger partial charge in [-0.25, -0.2) is 4.98 Å². The van der Waals surface area contributed by atoms with E-state index in [1.165, 1.54) is 0 Å². The van der Waals surface area contributed by atoms with E-state index in [-0.39, 0.29) is 10.0 Å². The van der Waals surface area contributed by atoms with Crippen molar-refractivity contribution in [3.63, 3.8) is 0 Å². The first-order valence-electron chi connectivity index (χ1n) is 7.71. The molecule has 2 aromatic heterocycles. The zero-order valence-corrected chi connectivity index (χ0v) is 15.5. The third-order valence-corrected chi connectivity index (χ3v) is 5.15. The highest BCUT2D eigenvalue weighted by Gasteiger charge is 2.31. The Labute approximate surface area is 157 Å². The SMILES string of the molecule is CCn1c(Sc2ncc(C(F)(F)F)cc2Cl)nnc1-c1ccccc1C. The fourth-order valence-corrected chi connectivity index (χ4v) is 3.54. The topological polar surface area (TPSA) is 43.6 Å². The molecule has 0 saturated heterocycles. The summed E-state index contributed by atoms with van der Waals surface area (Å²) in [6.45, 7) is 4.51. The summed E-state index contributed by atoms with van der Waals surface area (Å²) >= 11 is 7.07. The molecule has 0 spiro atoms. The van der Waals surface area contributed by atoms with Crippen molar-refractivity contribution in [2.75, 3.05) is 0 Å². The predicted molar refractivity (Wildman–Crippen MR) is 94.2 cm³/mol. The van der Waals surface area contributed by atoms with Gasteiger partial charge in [0.05, 0.1) is 10.6 Å². The number of nitrogens with zero attached hydrogens (tertiary/aromatic N) is 4. The van der Waals surface area contributed by atoms with Crippen LogP contribution >= 0.6 is 23.4 Å². The average molecular weight is 399 g/mol. The Morgan fingerprint density at radius 3 is 2.54 bits per heavy atom. The first kappa shape index (κ1) is 18.7. The molecule has 0 bridgehead atoms. The van der Waals surface area contributed by atoms with Gasteiger partial charge in [-0.1, -0.05) is 35.9 Å². The lowest BCUT2D eigenvalue weighted by Crippen LogP contribution is -2.06. The summed E-state index contributed by atoms with van der Waals surface area (Å²) in [5.41, 5.74) is 1.11. The third-order valence-electron chi connectivity index (χ3n) is 3.74. The van der Waals surface area contributed by atoms with Crippen molar-refractivity contribution >= 4 is 23.4 Å². The van der Waals surface area contributed by atoms with Gasteiger partial charge in [0, 0.05) is 18.3 Å². The summed E-state index contributed by atoms with van der Waals surface area (Å²) in [6, 6.07) is 8.64. The van der Waals surface area contributed by atoms with E-state index >= 15 is 0 Å². The van der Waals surface area contributed by atoms with Crippen LogP contribution in [-0.2, 0) is 12.7 Å². The van der Waals surface area contributed by atoms with Gasteiger partial charge in [0.2, 0.25) is 0 Å². The second kappa shape index (κ2) is 7.28. The summed E-state index contributed by atoms with van der Waals surface area (Å²) in [6.07, 6.45) is -3.72. The van der Waals surface area contributed by atoms with Gasteiger partial charge in [0.1, 0.15) is 5.03 Å². The lowest BCUT2D eigenvalue weighted by molar-refractivity contribution is -0.137. The van der Waals surface area contributed by atoms with Crippen molar-refractivity contribution in [3.05, 3.63) is 52.7 Å². The molecule has 136 valence electrons. The fourth-order valence-electron chi connectivity index (χ4n) is 2.41. The van der Waals surface area contributed by atoms with Crippen LogP contribution in [0.1, 0.15) is 18.1 Å². The van der Waals surface area contributed by atoms with Crippen LogP contribution in [0.4, 0.5) is 13.2 Å². The summed E-state index contributed by atoms with van der Waals surface area (Å²) in [5, 5.41) is 9.10. The number of hydrogen-bond acceptors (Lipinski definition) is 4. The monoisotopic (exact) mass is 398 g/mol. The zero-order valence-electron chi connectivity index (χ0n) is 13.9. The minimum Gasteiger partial charge on any atom is -0.302 e. The number of halogens is 4. The Morgan fingerprint density at radius 2 is 1.92 bits per heavy atom. The smallest absolute Gasteiger partial charge is 0.302 e. The number of hydrogen-bond donors (Lipinski definition) is 0.